The molecule has 4 heteroatoms. The van der Waals surface area contributed by atoms with Gasteiger partial charge in [0.2, 0.25) is 0 Å². The number of halogens is 1. The topological polar surface area (TPSA) is 36.6 Å². The van der Waals surface area contributed by atoms with Gasteiger partial charge >= 0.3 is 0 Å². The van der Waals surface area contributed by atoms with Gasteiger partial charge < -0.3 is 9.52 Å². The highest BCUT2D eigenvalue weighted by Crippen LogP contribution is 2.29. The first-order valence-electron chi connectivity index (χ1n) is 6.46. The predicted molar refractivity (Wildman–Crippen MR) is 75.1 cm³/mol. The Kier molecular flexibility index (Phi) is 3.60. The Bertz CT molecular complexity index is 567. The van der Waals surface area contributed by atoms with Crippen LogP contribution in [0.4, 0.5) is 0 Å². The van der Waals surface area contributed by atoms with Crippen LogP contribution in [-0.2, 0) is 6.54 Å². The maximum Gasteiger partial charge on any atom is 0.135 e. The van der Waals surface area contributed by atoms with E-state index >= 15 is 0 Å². The van der Waals surface area contributed by atoms with Crippen molar-refractivity contribution in [1.82, 2.24) is 4.90 Å². The van der Waals surface area contributed by atoms with Crippen LogP contribution in [0.3, 0.4) is 0 Å². The fraction of sp³-hybridized carbons (Fsp3) is 0.333. The number of furan rings is 1. The van der Waals surface area contributed by atoms with Gasteiger partial charge in [-0.3, -0.25) is 4.90 Å². The number of nitrogens with zero attached hydrogens (tertiary/aromatic N) is 1. The molecule has 0 aliphatic carbocycles. The van der Waals surface area contributed by atoms with Crippen LogP contribution in [0.25, 0.3) is 11.3 Å². The molecule has 0 bridgehead atoms. The van der Waals surface area contributed by atoms with E-state index in [1.54, 1.807) is 0 Å². The Hall–Kier alpha value is -1.29. The number of aliphatic hydroxyl groups is 1. The second-order valence-corrected chi connectivity index (χ2v) is 5.33. The van der Waals surface area contributed by atoms with Crippen LogP contribution in [0.5, 0.6) is 0 Å². The standard InChI is InChI=1S/C15H16ClNO2/c16-14-4-2-1-3-13(14)15-6-5-12(19-15)10-17-8-7-11(18)9-17/h1-6,11,18H,7-10H2/t11-/m1/s1. The number of benzene rings is 1. The zero-order valence-corrected chi connectivity index (χ0v) is 11.3. The molecule has 2 heterocycles. The van der Waals surface area contributed by atoms with Crippen molar-refractivity contribution in [3.8, 4) is 11.3 Å². The Morgan fingerprint density at radius 3 is 2.84 bits per heavy atom. The van der Waals surface area contributed by atoms with Crippen molar-refractivity contribution in [1.29, 1.82) is 0 Å². The van der Waals surface area contributed by atoms with Gasteiger partial charge in [0, 0.05) is 18.7 Å². The van der Waals surface area contributed by atoms with E-state index in [4.69, 9.17) is 16.0 Å². The normalized spacial score (nSPS) is 20.0. The Labute approximate surface area is 117 Å². The van der Waals surface area contributed by atoms with Crippen molar-refractivity contribution in [2.24, 2.45) is 0 Å². The molecule has 0 unspecified atom stereocenters. The highest BCUT2D eigenvalue weighted by Gasteiger charge is 2.21. The van der Waals surface area contributed by atoms with Gasteiger partial charge in [0.05, 0.1) is 17.7 Å². The summed E-state index contributed by atoms with van der Waals surface area (Å²) in [6, 6.07) is 11.6. The van der Waals surface area contributed by atoms with Crippen molar-refractivity contribution >= 4 is 11.6 Å². The van der Waals surface area contributed by atoms with E-state index in [-0.39, 0.29) is 6.10 Å². The molecule has 0 amide bonds. The number of rotatable bonds is 3. The smallest absolute Gasteiger partial charge is 0.135 e. The molecule has 1 aromatic heterocycles. The monoisotopic (exact) mass is 277 g/mol. The molecule has 1 N–H and O–H groups in total. The first kappa shape index (κ1) is 12.7. The summed E-state index contributed by atoms with van der Waals surface area (Å²) < 4.78 is 5.84. The van der Waals surface area contributed by atoms with Gasteiger partial charge in [-0.15, -0.1) is 0 Å². The third-order valence-electron chi connectivity index (χ3n) is 3.43. The fourth-order valence-electron chi connectivity index (χ4n) is 2.44. The van der Waals surface area contributed by atoms with Gasteiger partial charge in [0.15, 0.2) is 0 Å². The molecule has 0 spiro atoms. The molecular formula is C15H16ClNO2. The summed E-state index contributed by atoms with van der Waals surface area (Å²) in [4.78, 5) is 2.19. The third-order valence-corrected chi connectivity index (χ3v) is 3.76. The van der Waals surface area contributed by atoms with Crippen LogP contribution in [0.1, 0.15) is 12.2 Å². The Morgan fingerprint density at radius 1 is 1.26 bits per heavy atom. The molecule has 1 aromatic carbocycles. The summed E-state index contributed by atoms with van der Waals surface area (Å²) in [5.41, 5.74) is 0.914. The molecule has 2 aromatic rings. The molecule has 19 heavy (non-hydrogen) atoms. The van der Waals surface area contributed by atoms with E-state index in [1.165, 1.54) is 0 Å². The highest BCUT2D eigenvalue weighted by molar-refractivity contribution is 6.33. The molecule has 1 saturated heterocycles. The summed E-state index contributed by atoms with van der Waals surface area (Å²) in [5.74, 6) is 1.70. The van der Waals surface area contributed by atoms with Gasteiger partial charge in [0.1, 0.15) is 11.5 Å². The zero-order chi connectivity index (χ0) is 13.2. The van der Waals surface area contributed by atoms with E-state index < -0.39 is 0 Å². The summed E-state index contributed by atoms with van der Waals surface area (Å²) in [5, 5.41) is 10.2. The van der Waals surface area contributed by atoms with Crippen LogP contribution in [0.15, 0.2) is 40.8 Å². The highest BCUT2D eigenvalue weighted by atomic mass is 35.5. The SMILES string of the molecule is O[C@@H]1CCN(Cc2ccc(-c3ccccc3Cl)o2)C1. The third kappa shape index (κ3) is 2.84. The lowest BCUT2D eigenvalue weighted by atomic mass is 10.2. The largest absolute Gasteiger partial charge is 0.460 e. The molecular weight excluding hydrogens is 262 g/mol. The first-order chi connectivity index (χ1) is 9.22. The number of β-amino-alcohol motifs (C(OH)–C–C–N with tert-alkyl or cyclic N) is 1. The van der Waals surface area contributed by atoms with Gasteiger partial charge in [-0.25, -0.2) is 0 Å². The quantitative estimate of drug-likeness (QED) is 0.936. The Balaban J connectivity index is 1.75. The molecule has 100 valence electrons. The number of hydrogen-bond acceptors (Lipinski definition) is 3. The van der Waals surface area contributed by atoms with E-state index in [0.29, 0.717) is 5.02 Å². The lowest BCUT2D eigenvalue weighted by Crippen LogP contribution is -2.21. The van der Waals surface area contributed by atoms with Crippen molar-refractivity contribution in [3.05, 3.63) is 47.2 Å². The maximum atomic E-state index is 9.51. The fourth-order valence-corrected chi connectivity index (χ4v) is 2.67. The van der Waals surface area contributed by atoms with Crippen molar-refractivity contribution < 1.29 is 9.52 Å². The summed E-state index contributed by atoms with van der Waals surface area (Å²) >= 11 is 6.15. The average molecular weight is 278 g/mol. The zero-order valence-electron chi connectivity index (χ0n) is 10.6. The summed E-state index contributed by atoms with van der Waals surface area (Å²) in [7, 11) is 0. The molecule has 3 nitrogen and oxygen atoms in total. The van der Waals surface area contributed by atoms with Gasteiger partial charge in [0.25, 0.3) is 0 Å². The van der Waals surface area contributed by atoms with Crippen molar-refractivity contribution in [2.75, 3.05) is 13.1 Å². The van der Waals surface area contributed by atoms with Gasteiger partial charge in [-0.2, -0.15) is 0 Å². The maximum absolute atomic E-state index is 9.51. The predicted octanol–water partition coefficient (Wildman–Crippen LogP) is 3.17. The molecule has 1 fully saturated rings. The van der Waals surface area contributed by atoms with E-state index in [9.17, 15) is 5.11 Å². The van der Waals surface area contributed by atoms with E-state index in [0.717, 1.165) is 43.1 Å². The summed E-state index contributed by atoms with van der Waals surface area (Å²) in [6.07, 6.45) is 0.649. The molecule has 1 aliphatic rings. The second-order valence-electron chi connectivity index (χ2n) is 4.92. The van der Waals surface area contributed by atoms with Gasteiger partial charge in [-0.1, -0.05) is 23.7 Å². The molecule has 0 saturated carbocycles. The lowest BCUT2D eigenvalue weighted by molar-refractivity contribution is 0.172. The second kappa shape index (κ2) is 5.37. The van der Waals surface area contributed by atoms with E-state index in [1.807, 2.05) is 36.4 Å². The number of likely N-dealkylation sites (tertiary alicyclic amines) is 1. The first-order valence-corrected chi connectivity index (χ1v) is 6.84. The van der Waals surface area contributed by atoms with Crippen molar-refractivity contribution in [2.45, 2.75) is 19.1 Å². The van der Waals surface area contributed by atoms with Crippen LogP contribution >= 0.6 is 11.6 Å². The van der Waals surface area contributed by atoms with Crippen LogP contribution in [0, 0.1) is 0 Å². The molecule has 1 aliphatic heterocycles. The summed E-state index contributed by atoms with van der Waals surface area (Å²) in [6.45, 7) is 2.38. The van der Waals surface area contributed by atoms with Gasteiger partial charge in [-0.05, 0) is 30.7 Å². The van der Waals surface area contributed by atoms with Crippen LogP contribution in [-0.4, -0.2) is 29.2 Å². The lowest BCUT2D eigenvalue weighted by Gasteiger charge is -2.12. The van der Waals surface area contributed by atoms with Crippen LogP contribution in [0.2, 0.25) is 5.02 Å². The molecule has 1 atom stereocenters. The Morgan fingerprint density at radius 2 is 2.11 bits per heavy atom. The minimum absolute atomic E-state index is 0.196. The van der Waals surface area contributed by atoms with Crippen LogP contribution < -0.4 is 0 Å². The number of hydrogen-bond donors (Lipinski definition) is 1. The molecule has 0 radical (unpaired) electrons. The minimum Gasteiger partial charge on any atom is -0.460 e. The van der Waals surface area contributed by atoms with Crippen molar-refractivity contribution in [3.63, 3.8) is 0 Å². The average Bonchev–Trinajstić information content (AvgIpc) is 3.00. The van der Waals surface area contributed by atoms with E-state index in [2.05, 4.69) is 4.90 Å². The number of aliphatic hydroxyl groups excluding tert-OH is 1. The minimum atomic E-state index is -0.196. The molecule has 3 rings (SSSR count).